The lowest BCUT2D eigenvalue weighted by Gasteiger charge is -2.40. The van der Waals surface area contributed by atoms with E-state index in [9.17, 15) is 9.90 Å². The molecule has 4 nitrogen and oxygen atoms in total. The minimum atomic E-state index is -0.680. The fourth-order valence-corrected chi connectivity index (χ4v) is 3.76. The van der Waals surface area contributed by atoms with Crippen LogP contribution >= 0.6 is 0 Å². The molecule has 0 radical (unpaired) electrons. The van der Waals surface area contributed by atoms with E-state index in [2.05, 4.69) is 41.7 Å². The average Bonchev–Trinajstić information content (AvgIpc) is 2.87. The third-order valence-electron chi connectivity index (χ3n) is 5.11. The maximum Gasteiger partial charge on any atom is 0.242 e. The zero-order valence-corrected chi connectivity index (χ0v) is 13.2. The fraction of sp³-hybridized carbons (Fsp3) is 0.500. The zero-order valence-electron chi connectivity index (χ0n) is 13.2. The minimum Gasteiger partial charge on any atom is -0.391 e. The summed E-state index contributed by atoms with van der Waals surface area (Å²) in [7, 11) is 1.72. The van der Waals surface area contributed by atoms with E-state index in [0.29, 0.717) is 0 Å². The largest absolute Gasteiger partial charge is 0.391 e. The molecule has 4 heteroatoms. The van der Waals surface area contributed by atoms with Gasteiger partial charge in [-0.15, -0.1) is 0 Å². The summed E-state index contributed by atoms with van der Waals surface area (Å²) in [6.07, 6.45) is 5.73. The van der Waals surface area contributed by atoms with Crippen LogP contribution in [0.15, 0.2) is 30.3 Å². The number of piperidine rings is 1. The maximum absolute atomic E-state index is 12.5. The van der Waals surface area contributed by atoms with Gasteiger partial charge in [0.2, 0.25) is 5.91 Å². The Hall–Kier alpha value is -1.65. The first-order valence-corrected chi connectivity index (χ1v) is 8.00. The summed E-state index contributed by atoms with van der Waals surface area (Å²) >= 11 is 0. The molecule has 1 spiro atoms. The van der Waals surface area contributed by atoms with E-state index in [4.69, 9.17) is 0 Å². The Labute approximate surface area is 131 Å². The van der Waals surface area contributed by atoms with Crippen molar-refractivity contribution in [2.45, 2.75) is 37.3 Å². The Bertz CT molecular complexity index is 587. The van der Waals surface area contributed by atoms with Crippen molar-refractivity contribution in [3.8, 4) is 0 Å². The zero-order chi connectivity index (χ0) is 15.7. The lowest BCUT2D eigenvalue weighted by atomic mass is 9.74. The summed E-state index contributed by atoms with van der Waals surface area (Å²) in [4.78, 5) is 14.4. The summed E-state index contributed by atoms with van der Waals surface area (Å²) in [5.74, 6) is 0.00242. The van der Waals surface area contributed by atoms with Crippen molar-refractivity contribution in [2.24, 2.45) is 0 Å². The molecular weight excluding hydrogens is 276 g/mol. The molecule has 0 bridgehead atoms. The van der Waals surface area contributed by atoms with E-state index in [0.717, 1.165) is 25.9 Å². The van der Waals surface area contributed by atoms with Gasteiger partial charge in [0.25, 0.3) is 0 Å². The molecule has 0 saturated carbocycles. The van der Waals surface area contributed by atoms with E-state index < -0.39 is 12.1 Å². The quantitative estimate of drug-likeness (QED) is 0.890. The van der Waals surface area contributed by atoms with Crippen LogP contribution in [0.4, 0.5) is 0 Å². The standard InChI is InChI=1S/C18H24N2O2/c1-13(21)16(19-2)17(22)20-11-9-18(10-12-20)8-7-14-5-3-4-6-15(14)18/h3-8,13,16,19,21H,9-12H2,1-2H3/t13?,16-/m0/s1. The fourth-order valence-electron chi connectivity index (χ4n) is 3.76. The Morgan fingerprint density at radius 3 is 2.64 bits per heavy atom. The highest BCUT2D eigenvalue weighted by atomic mass is 16.3. The molecule has 22 heavy (non-hydrogen) atoms. The van der Waals surface area contributed by atoms with Crippen molar-refractivity contribution in [3.63, 3.8) is 0 Å². The number of aliphatic hydroxyl groups is 1. The Morgan fingerprint density at radius 2 is 2.00 bits per heavy atom. The first-order chi connectivity index (χ1) is 10.6. The summed E-state index contributed by atoms with van der Waals surface area (Å²) in [6, 6.07) is 8.01. The molecule has 1 heterocycles. The first kappa shape index (κ1) is 15.3. The van der Waals surface area contributed by atoms with Crippen molar-refractivity contribution in [2.75, 3.05) is 20.1 Å². The summed E-state index contributed by atoms with van der Waals surface area (Å²) in [5.41, 5.74) is 2.79. The van der Waals surface area contributed by atoms with Crippen LogP contribution in [0.1, 0.15) is 30.9 Å². The monoisotopic (exact) mass is 300 g/mol. The van der Waals surface area contributed by atoms with Gasteiger partial charge in [0.1, 0.15) is 6.04 Å². The smallest absolute Gasteiger partial charge is 0.242 e. The van der Waals surface area contributed by atoms with Crippen molar-refractivity contribution in [3.05, 3.63) is 41.5 Å². The molecule has 0 aromatic heterocycles. The molecule has 118 valence electrons. The normalized spacial score (nSPS) is 21.7. The van der Waals surface area contributed by atoms with E-state index >= 15 is 0 Å². The SMILES string of the molecule is CN[C@H](C(=O)N1CCC2(C=Cc3ccccc32)CC1)C(C)O. The molecule has 1 aromatic rings. The number of carbonyl (C=O) groups is 1. The number of nitrogens with one attached hydrogen (secondary N) is 1. The highest BCUT2D eigenvalue weighted by Crippen LogP contribution is 2.43. The number of benzene rings is 1. The topological polar surface area (TPSA) is 52.6 Å². The van der Waals surface area contributed by atoms with Gasteiger partial charge in [-0.25, -0.2) is 0 Å². The average molecular weight is 300 g/mol. The van der Waals surface area contributed by atoms with Crippen LogP contribution in [0.25, 0.3) is 6.08 Å². The van der Waals surface area contributed by atoms with Crippen LogP contribution in [0.2, 0.25) is 0 Å². The molecule has 1 aliphatic heterocycles. The number of nitrogens with zero attached hydrogens (tertiary/aromatic N) is 1. The number of hydrogen-bond donors (Lipinski definition) is 2. The molecule has 1 amide bonds. The Kier molecular flexibility index (Phi) is 4.06. The van der Waals surface area contributed by atoms with Gasteiger partial charge >= 0.3 is 0 Å². The number of fused-ring (bicyclic) bond motifs is 2. The predicted molar refractivity (Wildman–Crippen MR) is 87.5 cm³/mol. The maximum atomic E-state index is 12.5. The second-order valence-corrected chi connectivity index (χ2v) is 6.41. The number of likely N-dealkylation sites (tertiary alicyclic amines) is 1. The molecule has 1 unspecified atom stereocenters. The molecule has 1 fully saturated rings. The number of carbonyl (C=O) groups excluding carboxylic acids is 1. The Morgan fingerprint density at radius 1 is 1.32 bits per heavy atom. The molecule has 1 aromatic carbocycles. The van der Waals surface area contributed by atoms with Gasteiger partial charge in [-0.3, -0.25) is 4.79 Å². The third kappa shape index (κ3) is 2.46. The third-order valence-corrected chi connectivity index (χ3v) is 5.11. The number of likely N-dealkylation sites (N-methyl/N-ethyl adjacent to an activating group) is 1. The Balaban J connectivity index is 1.72. The van der Waals surface area contributed by atoms with Crippen molar-refractivity contribution >= 4 is 12.0 Å². The van der Waals surface area contributed by atoms with Crippen LogP contribution < -0.4 is 5.32 Å². The van der Waals surface area contributed by atoms with E-state index in [-0.39, 0.29) is 11.3 Å². The minimum absolute atomic E-state index is 0.00242. The van der Waals surface area contributed by atoms with Crippen LogP contribution in [0, 0.1) is 0 Å². The van der Waals surface area contributed by atoms with E-state index in [1.807, 2.05) is 4.90 Å². The highest BCUT2D eigenvalue weighted by Gasteiger charge is 2.40. The highest BCUT2D eigenvalue weighted by molar-refractivity contribution is 5.82. The van der Waals surface area contributed by atoms with Gasteiger partial charge in [-0.05, 0) is 37.9 Å². The van der Waals surface area contributed by atoms with Crippen molar-refractivity contribution in [1.29, 1.82) is 0 Å². The van der Waals surface area contributed by atoms with Crippen LogP contribution in [0.3, 0.4) is 0 Å². The number of aliphatic hydroxyl groups excluding tert-OH is 1. The first-order valence-electron chi connectivity index (χ1n) is 8.00. The van der Waals surface area contributed by atoms with Gasteiger partial charge in [0.05, 0.1) is 6.10 Å². The lowest BCUT2D eigenvalue weighted by molar-refractivity contribution is -0.137. The van der Waals surface area contributed by atoms with Crippen molar-refractivity contribution < 1.29 is 9.90 Å². The molecule has 2 atom stereocenters. The molecule has 1 saturated heterocycles. The molecular formula is C18H24N2O2. The summed E-state index contributed by atoms with van der Waals surface area (Å²) < 4.78 is 0. The van der Waals surface area contributed by atoms with Crippen molar-refractivity contribution in [1.82, 2.24) is 10.2 Å². The number of amides is 1. The molecule has 2 N–H and O–H groups in total. The van der Waals surface area contributed by atoms with Gasteiger partial charge in [-0.2, -0.15) is 0 Å². The molecule has 1 aliphatic carbocycles. The predicted octanol–water partition coefficient (Wildman–Crippen LogP) is 1.54. The summed E-state index contributed by atoms with van der Waals surface area (Å²) in [5, 5.41) is 12.6. The van der Waals surface area contributed by atoms with Gasteiger partial charge in [0, 0.05) is 18.5 Å². The molecule has 3 rings (SSSR count). The van der Waals surface area contributed by atoms with Gasteiger partial charge < -0.3 is 15.3 Å². The van der Waals surface area contributed by atoms with E-state index in [1.165, 1.54) is 11.1 Å². The second-order valence-electron chi connectivity index (χ2n) is 6.41. The number of hydrogen-bond acceptors (Lipinski definition) is 3. The number of rotatable bonds is 3. The van der Waals surface area contributed by atoms with Crippen LogP contribution in [0.5, 0.6) is 0 Å². The van der Waals surface area contributed by atoms with E-state index in [1.54, 1.807) is 14.0 Å². The number of allylic oxidation sites excluding steroid dienone is 1. The lowest BCUT2D eigenvalue weighted by Crippen LogP contribution is -2.54. The summed E-state index contributed by atoms with van der Waals surface area (Å²) in [6.45, 7) is 3.13. The van der Waals surface area contributed by atoms with Crippen LogP contribution in [-0.2, 0) is 10.2 Å². The van der Waals surface area contributed by atoms with Gasteiger partial charge in [0.15, 0.2) is 0 Å². The van der Waals surface area contributed by atoms with Gasteiger partial charge in [-0.1, -0.05) is 36.4 Å². The second kappa shape index (κ2) is 5.86. The molecule has 2 aliphatic rings. The van der Waals surface area contributed by atoms with Crippen LogP contribution in [-0.4, -0.2) is 48.2 Å².